The molecule has 3 aromatic rings. The average Bonchev–Trinajstić information content (AvgIpc) is 2.84. The number of hydrazine groups is 1. The smallest absolute Gasteiger partial charge is 0.251 e. The molecule has 0 fully saturated rings. The Kier molecular flexibility index (Phi) is 7.92. The van der Waals surface area contributed by atoms with Crippen molar-refractivity contribution in [3.63, 3.8) is 0 Å². The Morgan fingerprint density at radius 2 is 1.88 bits per heavy atom. The normalized spacial score (nSPS) is 11.0. The zero-order chi connectivity index (χ0) is 23.6. The van der Waals surface area contributed by atoms with Crippen molar-refractivity contribution in [3.8, 4) is 0 Å². The van der Waals surface area contributed by atoms with Gasteiger partial charge in [0.2, 0.25) is 0 Å². The molecule has 0 saturated heterocycles. The van der Waals surface area contributed by atoms with Gasteiger partial charge in [-0.1, -0.05) is 18.2 Å². The summed E-state index contributed by atoms with van der Waals surface area (Å²) in [7, 11) is 0. The second kappa shape index (κ2) is 11.3. The molecule has 0 spiro atoms. The molecule has 0 bridgehead atoms. The number of rotatable bonds is 10. The van der Waals surface area contributed by atoms with Gasteiger partial charge in [-0.3, -0.25) is 9.78 Å². The Hall–Kier alpha value is -4.44. The molecule has 0 saturated carbocycles. The van der Waals surface area contributed by atoms with Gasteiger partial charge in [-0.25, -0.2) is 10.8 Å². The number of hydrogen-bond donors (Lipinski definition) is 7. The maximum atomic E-state index is 12.3. The van der Waals surface area contributed by atoms with Crippen LogP contribution in [0.25, 0.3) is 0 Å². The first kappa shape index (κ1) is 23.2. The molecule has 0 atom stereocenters. The lowest BCUT2D eigenvalue weighted by Gasteiger charge is -2.12. The second-order valence-corrected chi connectivity index (χ2v) is 7.23. The number of benzene rings is 1. The standard InChI is InChI=1S/C23H27N9O/c24-11-16(9-18-10-20(25)31-22(32-27)21(18)26)13-28-12-15-4-6-17(7-5-15)23(33)30-14-19-3-1-2-8-29-19/h1-8,10-11,13,24,28H,9,12,14,26-27H2,(H,30,33)(H3,25,31,32)/b16-13-,24-11?. The van der Waals surface area contributed by atoms with Crippen LogP contribution in [0.1, 0.15) is 27.2 Å². The van der Waals surface area contributed by atoms with Crippen LogP contribution in [0.3, 0.4) is 0 Å². The van der Waals surface area contributed by atoms with Crippen molar-refractivity contribution in [2.24, 2.45) is 5.84 Å². The van der Waals surface area contributed by atoms with E-state index >= 15 is 0 Å². The van der Waals surface area contributed by atoms with E-state index in [4.69, 9.17) is 22.7 Å². The minimum atomic E-state index is -0.160. The van der Waals surface area contributed by atoms with Crippen molar-refractivity contribution in [1.29, 1.82) is 5.41 Å². The summed E-state index contributed by atoms with van der Waals surface area (Å²) < 4.78 is 0. The van der Waals surface area contributed by atoms with Gasteiger partial charge in [0.25, 0.3) is 5.91 Å². The summed E-state index contributed by atoms with van der Waals surface area (Å²) in [5.74, 6) is 5.84. The summed E-state index contributed by atoms with van der Waals surface area (Å²) in [4.78, 5) is 20.5. The van der Waals surface area contributed by atoms with E-state index in [1.807, 2.05) is 30.3 Å². The number of anilines is 3. The van der Waals surface area contributed by atoms with E-state index in [1.165, 1.54) is 6.21 Å². The summed E-state index contributed by atoms with van der Waals surface area (Å²) in [6.07, 6.45) is 5.07. The zero-order valence-electron chi connectivity index (χ0n) is 18.0. The molecule has 10 nitrogen and oxygen atoms in total. The second-order valence-electron chi connectivity index (χ2n) is 7.23. The largest absolute Gasteiger partial charge is 0.395 e. The van der Waals surface area contributed by atoms with E-state index in [1.54, 1.807) is 30.6 Å². The van der Waals surface area contributed by atoms with Gasteiger partial charge in [0.15, 0.2) is 5.82 Å². The van der Waals surface area contributed by atoms with Gasteiger partial charge < -0.3 is 32.9 Å². The van der Waals surface area contributed by atoms with Crippen LogP contribution in [0.2, 0.25) is 0 Å². The third-order valence-corrected chi connectivity index (χ3v) is 4.85. The molecule has 2 aromatic heterocycles. The van der Waals surface area contributed by atoms with E-state index in [-0.39, 0.29) is 11.7 Å². The minimum absolute atomic E-state index is 0.160. The van der Waals surface area contributed by atoms with Gasteiger partial charge in [-0.05, 0) is 47.0 Å². The van der Waals surface area contributed by atoms with Crippen LogP contribution >= 0.6 is 0 Å². The average molecular weight is 446 g/mol. The highest BCUT2D eigenvalue weighted by atomic mass is 16.1. The fraction of sp³-hybridized carbons (Fsp3) is 0.130. The number of carbonyl (C=O) groups excluding carboxylic acids is 1. The summed E-state index contributed by atoms with van der Waals surface area (Å²) >= 11 is 0. The molecule has 0 aliphatic heterocycles. The molecule has 170 valence electrons. The van der Waals surface area contributed by atoms with Crippen LogP contribution in [-0.2, 0) is 19.5 Å². The fourth-order valence-electron chi connectivity index (χ4n) is 3.10. The van der Waals surface area contributed by atoms with Crippen LogP contribution in [0, 0.1) is 5.41 Å². The van der Waals surface area contributed by atoms with Crippen LogP contribution in [-0.4, -0.2) is 22.1 Å². The Bertz CT molecular complexity index is 1130. The highest BCUT2D eigenvalue weighted by molar-refractivity contribution is 5.94. The van der Waals surface area contributed by atoms with Crippen LogP contribution < -0.4 is 33.4 Å². The highest BCUT2D eigenvalue weighted by Crippen LogP contribution is 2.24. The molecule has 0 radical (unpaired) electrons. The number of carbonyl (C=O) groups is 1. The highest BCUT2D eigenvalue weighted by Gasteiger charge is 2.10. The Morgan fingerprint density at radius 3 is 2.55 bits per heavy atom. The van der Waals surface area contributed by atoms with E-state index in [9.17, 15) is 4.79 Å². The lowest BCUT2D eigenvalue weighted by atomic mass is 10.1. The van der Waals surface area contributed by atoms with E-state index in [2.05, 4.69) is 26.0 Å². The summed E-state index contributed by atoms with van der Waals surface area (Å²) in [6.45, 7) is 0.896. The minimum Gasteiger partial charge on any atom is -0.395 e. The van der Waals surface area contributed by atoms with Gasteiger partial charge in [0.1, 0.15) is 5.82 Å². The Morgan fingerprint density at radius 1 is 1.09 bits per heavy atom. The number of nitrogens with two attached hydrogens (primary N) is 3. The number of allylic oxidation sites excluding steroid dienone is 1. The van der Waals surface area contributed by atoms with Crippen LogP contribution in [0.5, 0.6) is 0 Å². The van der Waals surface area contributed by atoms with E-state index in [0.717, 1.165) is 11.3 Å². The molecule has 0 aliphatic carbocycles. The lowest BCUT2D eigenvalue weighted by Crippen LogP contribution is -2.23. The molecular weight excluding hydrogens is 418 g/mol. The molecular formula is C23H27N9O. The first-order valence-electron chi connectivity index (χ1n) is 10.2. The number of nitrogens with zero attached hydrogens (tertiary/aromatic N) is 2. The molecule has 3 rings (SSSR count). The van der Waals surface area contributed by atoms with Crippen LogP contribution in [0.4, 0.5) is 17.3 Å². The fourth-order valence-corrected chi connectivity index (χ4v) is 3.10. The van der Waals surface area contributed by atoms with Crippen molar-refractivity contribution in [3.05, 3.63) is 88.9 Å². The number of hydrogen-bond acceptors (Lipinski definition) is 9. The van der Waals surface area contributed by atoms with Crippen molar-refractivity contribution in [1.82, 2.24) is 20.6 Å². The van der Waals surface area contributed by atoms with Crippen molar-refractivity contribution in [2.45, 2.75) is 19.5 Å². The van der Waals surface area contributed by atoms with Gasteiger partial charge in [-0.2, -0.15) is 0 Å². The number of nitrogens with one attached hydrogen (secondary N) is 4. The Labute approximate surface area is 191 Å². The summed E-state index contributed by atoms with van der Waals surface area (Å²) in [5.41, 5.74) is 18.4. The third kappa shape index (κ3) is 6.52. The lowest BCUT2D eigenvalue weighted by molar-refractivity contribution is 0.0950. The van der Waals surface area contributed by atoms with E-state index in [0.29, 0.717) is 47.7 Å². The molecule has 2 heterocycles. The summed E-state index contributed by atoms with van der Waals surface area (Å²) in [6, 6.07) is 14.5. The number of aromatic nitrogens is 2. The molecule has 0 unspecified atom stereocenters. The summed E-state index contributed by atoms with van der Waals surface area (Å²) in [5, 5.41) is 13.7. The number of pyridine rings is 2. The number of amides is 1. The molecule has 1 aromatic carbocycles. The predicted octanol–water partition coefficient (Wildman–Crippen LogP) is 1.72. The van der Waals surface area contributed by atoms with Crippen molar-refractivity contribution < 1.29 is 4.79 Å². The zero-order valence-corrected chi connectivity index (χ0v) is 18.0. The maximum absolute atomic E-state index is 12.3. The predicted molar refractivity (Wildman–Crippen MR) is 130 cm³/mol. The van der Waals surface area contributed by atoms with Gasteiger partial charge >= 0.3 is 0 Å². The first-order valence-corrected chi connectivity index (χ1v) is 10.2. The maximum Gasteiger partial charge on any atom is 0.251 e. The first-order chi connectivity index (χ1) is 16.0. The molecule has 10 N–H and O–H groups in total. The quantitative estimate of drug-likeness (QED) is 0.140. The SMILES string of the molecule is N=C/C(=C\NCc1ccc(C(=O)NCc2ccccn2)cc1)Cc1cc(N)nc(NN)c1N. The molecule has 10 heteroatoms. The third-order valence-electron chi connectivity index (χ3n) is 4.85. The molecule has 0 aliphatic rings. The Balaban J connectivity index is 1.55. The van der Waals surface area contributed by atoms with Crippen molar-refractivity contribution in [2.75, 3.05) is 16.9 Å². The van der Waals surface area contributed by atoms with E-state index < -0.39 is 0 Å². The van der Waals surface area contributed by atoms with Gasteiger partial charge in [0.05, 0.1) is 17.9 Å². The number of nitrogen functional groups attached to an aromatic ring is 3. The van der Waals surface area contributed by atoms with Crippen LogP contribution in [0.15, 0.2) is 66.5 Å². The molecule has 33 heavy (non-hydrogen) atoms. The van der Waals surface area contributed by atoms with Gasteiger partial charge in [0, 0.05) is 37.1 Å². The molecule has 1 amide bonds. The van der Waals surface area contributed by atoms with Gasteiger partial charge in [-0.15, -0.1) is 0 Å². The topological polar surface area (TPSA) is 181 Å². The van der Waals surface area contributed by atoms with Crippen molar-refractivity contribution >= 4 is 29.4 Å². The monoisotopic (exact) mass is 445 g/mol.